The SMILES string of the molecule is O=S(=O)(NC1CN2CCC1CC2)C1CCNC1. The van der Waals surface area contributed by atoms with E-state index in [4.69, 9.17) is 0 Å². The normalized spacial score (nSPS) is 41.9. The molecule has 2 unspecified atom stereocenters. The summed E-state index contributed by atoms with van der Waals surface area (Å²) in [7, 11) is -3.12. The fourth-order valence-electron chi connectivity index (χ4n) is 3.30. The average Bonchev–Trinajstić information content (AvgIpc) is 2.84. The van der Waals surface area contributed by atoms with Gasteiger partial charge in [0.2, 0.25) is 10.0 Å². The fraction of sp³-hybridized carbons (Fsp3) is 1.00. The average molecular weight is 259 g/mol. The molecule has 2 atom stereocenters. The van der Waals surface area contributed by atoms with Crippen molar-refractivity contribution in [3.63, 3.8) is 0 Å². The molecule has 4 aliphatic heterocycles. The molecule has 2 N–H and O–H groups in total. The molecular formula is C11H21N3O2S. The smallest absolute Gasteiger partial charge is 0.216 e. The molecule has 0 amide bonds. The van der Waals surface area contributed by atoms with Gasteiger partial charge in [-0.15, -0.1) is 0 Å². The lowest BCUT2D eigenvalue weighted by Gasteiger charge is -2.45. The minimum atomic E-state index is -3.12. The second kappa shape index (κ2) is 4.50. The summed E-state index contributed by atoms with van der Waals surface area (Å²) in [5.74, 6) is 0.559. The number of sulfonamides is 1. The van der Waals surface area contributed by atoms with Gasteiger partial charge in [-0.3, -0.25) is 0 Å². The van der Waals surface area contributed by atoms with E-state index in [1.54, 1.807) is 0 Å². The van der Waals surface area contributed by atoms with Gasteiger partial charge in [0.1, 0.15) is 0 Å². The van der Waals surface area contributed by atoms with E-state index in [1.165, 1.54) is 0 Å². The van der Waals surface area contributed by atoms with Crippen LogP contribution in [0.25, 0.3) is 0 Å². The van der Waals surface area contributed by atoms with Crippen LogP contribution < -0.4 is 10.0 Å². The summed E-state index contributed by atoms with van der Waals surface area (Å²) in [5.41, 5.74) is 0. The van der Waals surface area contributed by atoms with Crippen molar-refractivity contribution in [1.82, 2.24) is 14.9 Å². The molecule has 0 aromatic heterocycles. The van der Waals surface area contributed by atoms with Gasteiger partial charge in [0.05, 0.1) is 5.25 Å². The molecule has 98 valence electrons. The van der Waals surface area contributed by atoms with Crippen LogP contribution in [0.4, 0.5) is 0 Å². The lowest BCUT2D eigenvalue weighted by Crippen LogP contribution is -2.58. The first kappa shape index (κ1) is 11.9. The third-order valence-corrected chi connectivity index (χ3v) is 6.34. The number of rotatable bonds is 3. The van der Waals surface area contributed by atoms with Crippen molar-refractivity contribution >= 4 is 10.0 Å². The zero-order chi connectivity index (χ0) is 11.9. The molecule has 4 aliphatic rings. The van der Waals surface area contributed by atoms with Gasteiger partial charge in [0.25, 0.3) is 0 Å². The third kappa shape index (κ3) is 2.36. The Labute approximate surface area is 103 Å². The molecule has 4 fully saturated rings. The predicted octanol–water partition coefficient (Wildman–Crippen LogP) is -0.638. The summed E-state index contributed by atoms with van der Waals surface area (Å²) in [6.07, 6.45) is 3.04. The van der Waals surface area contributed by atoms with Crippen LogP contribution in [0.5, 0.6) is 0 Å². The van der Waals surface area contributed by atoms with Crippen LogP contribution in [-0.4, -0.2) is 57.3 Å². The number of hydrogen-bond acceptors (Lipinski definition) is 4. The molecule has 0 radical (unpaired) electrons. The maximum Gasteiger partial charge on any atom is 0.216 e. The Hall–Kier alpha value is -0.170. The van der Waals surface area contributed by atoms with E-state index in [0.717, 1.165) is 45.4 Å². The quantitative estimate of drug-likeness (QED) is 0.708. The first-order valence-electron chi connectivity index (χ1n) is 6.59. The van der Waals surface area contributed by atoms with Crippen LogP contribution in [0.15, 0.2) is 0 Å². The summed E-state index contributed by atoms with van der Waals surface area (Å²) < 4.78 is 27.4. The molecule has 4 saturated heterocycles. The highest BCUT2D eigenvalue weighted by atomic mass is 32.2. The lowest BCUT2D eigenvalue weighted by molar-refractivity contribution is 0.0826. The zero-order valence-corrected chi connectivity index (χ0v) is 10.9. The number of piperidine rings is 3. The Balaban J connectivity index is 1.66. The van der Waals surface area contributed by atoms with Gasteiger partial charge in [-0.05, 0) is 44.8 Å². The second-order valence-corrected chi connectivity index (χ2v) is 7.51. The number of hydrogen-bond donors (Lipinski definition) is 2. The Kier molecular flexibility index (Phi) is 3.15. The number of fused-ring (bicyclic) bond motifs is 3. The molecule has 2 bridgehead atoms. The third-order valence-electron chi connectivity index (χ3n) is 4.43. The van der Waals surface area contributed by atoms with Crippen molar-refractivity contribution in [2.24, 2.45) is 5.92 Å². The molecule has 4 heterocycles. The molecule has 0 aliphatic carbocycles. The lowest BCUT2D eigenvalue weighted by atomic mass is 9.85. The van der Waals surface area contributed by atoms with E-state index in [1.807, 2.05) is 0 Å². The first-order valence-corrected chi connectivity index (χ1v) is 8.14. The molecule has 0 spiro atoms. The monoisotopic (exact) mass is 259 g/mol. The molecule has 0 aromatic rings. The minimum Gasteiger partial charge on any atom is -0.315 e. The summed E-state index contributed by atoms with van der Waals surface area (Å²) in [4.78, 5) is 2.38. The minimum absolute atomic E-state index is 0.156. The molecule has 0 saturated carbocycles. The van der Waals surface area contributed by atoms with Crippen LogP contribution in [0.3, 0.4) is 0 Å². The van der Waals surface area contributed by atoms with Gasteiger partial charge in [0, 0.05) is 19.1 Å². The Morgan fingerprint density at radius 1 is 1.18 bits per heavy atom. The van der Waals surface area contributed by atoms with E-state index in [9.17, 15) is 8.42 Å². The standard InChI is InChI=1S/C11H21N3O2S/c15-17(16,10-1-4-12-7-10)13-11-8-14-5-2-9(11)3-6-14/h9-13H,1-8H2. The van der Waals surface area contributed by atoms with Crippen molar-refractivity contribution < 1.29 is 8.42 Å². The topological polar surface area (TPSA) is 61.4 Å². The Morgan fingerprint density at radius 2 is 1.94 bits per heavy atom. The summed E-state index contributed by atoms with van der Waals surface area (Å²) in [6, 6.07) is 0.156. The maximum atomic E-state index is 12.2. The van der Waals surface area contributed by atoms with Gasteiger partial charge in [-0.2, -0.15) is 0 Å². The molecule has 5 nitrogen and oxygen atoms in total. The number of nitrogens with zero attached hydrogens (tertiary/aromatic N) is 1. The van der Waals surface area contributed by atoms with Crippen LogP contribution in [0, 0.1) is 5.92 Å². The predicted molar refractivity (Wildman–Crippen MR) is 66.3 cm³/mol. The second-order valence-electron chi connectivity index (χ2n) is 5.52. The maximum absolute atomic E-state index is 12.2. The van der Waals surface area contributed by atoms with Crippen LogP contribution in [-0.2, 0) is 10.0 Å². The highest BCUT2D eigenvalue weighted by Gasteiger charge is 2.38. The van der Waals surface area contributed by atoms with Crippen LogP contribution in [0.2, 0.25) is 0 Å². The van der Waals surface area contributed by atoms with Gasteiger partial charge in [-0.1, -0.05) is 0 Å². The fourth-order valence-corrected chi connectivity index (χ4v) is 4.95. The van der Waals surface area contributed by atoms with Gasteiger partial charge >= 0.3 is 0 Å². The summed E-state index contributed by atoms with van der Waals surface area (Å²) >= 11 is 0. The van der Waals surface area contributed by atoms with Gasteiger partial charge in [-0.25, -0.2) is 13.1 Å². The summed E-state index contributed by atoms with van der Waals surface area (Å²) in [6.45, 7) is 4.63. The van der Waals surface area contributed by atoms with E-state index in [-0.39, 0.29) is 11.3 Å². The van der Waals surface area contributed by atoms with Crippen LogP contribution in [0.1, 0.15) is 19.3 Å². The zero-order valence-electron chi connectivity index (χ0n) is 10.1. The van der Waals surface area contributed by atoms with Gasteiger partial charge in [0.15, 0.2) is 0 Å². The van der Waals surface area contributed by atoms with Crippen LogP contribution >= 0.6 is 0 Å². The molecular weight excluding hydrogens is 238 g/mol. The Morgan fingerprint density at radius 3 is 2.47 bits per heavy atom. The summed E-state index contributed by atoms with van der Waals surface area (Å²) in [5, 5.41) is 2.90. The van der Waals surface area contributed by atoms with Crippen molar-refractivity contribution in [2.45, 2.75) is 30.6 Å². The molecule has 6 heteroatoms. The van der Waals surface area contributed by atoms with Gasteiger partial charge < -0.3 is 10.2 Å². The molecule has 0 aromatic carbocycles. The molecule has 17 heavy (non-hydrogen) atoms. The van der Waals surface area contributed by atoms with Crippen molar-refractivity contribution in [2.75, 3.05) is 32.7 Å². The highest BCUT2D eigenvalue weighted by Crippen LogP contribution is 2.28. The largest absolute Gasteiger partial charge is 0.315 e. The van der Waals surface area contributed by atoms with Crippen molar-refractivity contribution in [3.05, 3.63) is 0 Å². The van der Waals surface area contributed by atoms with E-state index >= 15 is 0 Å². The van der Waals surface area contributed by atoms with E-state index in [2.05, 4.69) is 14.9 Å². The first-order chi connectivity index (χ1) is 8.15. The molecule has 4 rings (SSSR count). The van der Waals surface area contributed by atoms with Crippen molar-refractivity contribution in [3.8, 4) is 0 Å². The van der Waals surface area contributed by atoms with E-state index in [0.29, 0.717) is 12.5 Å². The Bertz CT molecular complexity index is 370. The number of nitrogens with one attached hydrogen (secondary N) is 2. The highest BCUT2D eigenvalue weighted by molar-refractivity contribution is 7.90. The van der Waals surface area contributed by atoms with E-state index < -0.39 is 10.0 Å². The van der Waals surface area contributed by atoms with Crippen molar-refractivity contribution in [1.29, 1.82) is 0 Å².